The van der Waals surface area contributed by atoms with E-state index in [2.05, 4.69) is 40.2 Å². The number of rotatable bonds is 5. The number of quaternary nitrogens is 1. The number of carbonyl (C=O) groups excluding carboxylic acids is 1. The van der Waals surface area contributed by atoms with Crippen LogP contribution in [-0.2, 0) is 6.54 Å². The number of hydrogen-bond donors (Lipinski definition) is 1. The van der Waals surface area contributed by atoms with Gasteiger partial charge < -0.3 is 19.3 Å². The normalized spacial score (nSPS) is 15.0. The summed E-state index contributed by atoms with van der Waals surface area (Å²) in [6.45, 7) is 4.30. The summed E-state index contributed by atoms with van der Waals surface area (Å²) < 4.78 is 11.8. The molecule has 0 spiro atoms. The molecule has 0 aliphatic carbocycles. The van der Waals surface area contributed by atoms with Gasteiger partial charge in [-0.2, -0.15) is 0 Å². The number of nitrogens with one attached hydrogen (secondary N) is 1. The Bertz CT molecular complexity index is 734. The minimum Gasteiger partial charge on any atom is -0.496 e. The van der Waals surface area contributed by atoms with E-state index in [0.717, 1.165) is 37.2 Å². The van der Waals surface area contributed by atoms with Crippen molar-refractivity contribution >= 4 is 21.8 Å². The first-order chi connectivity index (χ1) is 12.6. The zero-order chi connectivity index (χ0) is 18.5. The molecular formula is C20H24BrN2O3+. The van der Waals surface area contributed by atoms with Crippen LogP contribution >= 0.6 is 15.9 Å². The van der Waals surface area contributed by atoms with E-state index in [9.17, 15) is 4.79 Å². The molecule has 3 rings (SSSR count). The molecule has 1 saturated heterocycles. The molecule has 2 aromatic rings. The van der Waals surface area contributed by atoms with Crippen molar-refractivity contribution in [1.82, 2.24) is 4.90 Å². The van der Waals surface area contributed by atoms with E-state index in [1.165, 1.54) is 10.5 Å². The van der Waals surface area contributed by atoms with Gasteiger partial charge in [0.25, 0.3) is 5.91 Å². The predicted octanol–water partition coefficient (Wildman–Crippen LogP) is 2.01. The standard InChI is InChI=1S/C20H23BrN2O3/c1-25-17-4-3-5-18(26-2)19(17)20(24)23-12-10-22(11-13-23)14-15-6-8-16(21)9-7-15/h3-9H,10-14H2,1-2H3/p+1. The minimum atomic E-state index is -0.0259. The van der Waals surface area contributed by atoms with E-state index in [4.69, 9.17) is 9.47 Å². The van der Waals surface area contributed by atoms with Crippen LogP contribution in [0, 0.1) is 0 Å². The molecule has 1 fully saturated rings. The Labute approximate surface area is 162 Å². The molecule has 1 aliphatic heterocycles. The molecule has 2 aromatic carbocycles. The highest BCUT2D eigenvalue weighted by Gasteiger charge is 2.28. The van der Waals surface area contributed by atoms with E-state index in [0.29, 0.717) is 17.1 Å². The first kappa shape index (κ1) is 18.7. The van der Waals surface area contributed by atoms with Crippen LogP contribution in [0.25, 0.3) is 0 Å². The second-order valence-electron chi connectivity index (χ2n) is 6.38. The maximum absolute atomic E-state index is 13.0. The third-order valence-corrected chi connectivity index (χ3v) is 5.30. The van der Waals surface area contributed by atoms with Crippen LogP contribution < -0.4 is 14.4 Å². The number of carbonyl (C=O) groups is 1. The minimum absolute atomic E-state index is 0.0259. The molecule has 5 nitrogen and oxygen atoms in total. The highest BCUT2D eigenvalue weighted by molar-refractivity contribution is 9.10. The van der Waals surface area contributed by atoms with Crippen molar-refractivity contribution < 1.29 is 19.2 Å². The number of benzene rings is 2. The molecule has 0 atom stereocenters. The van der Waals surface area contributed by atoms with E-state index >= 15 is 0 Å². The fourth-order valence-corrected chi connectivity index (χ4v) is 3.58. The van der Waals surface area contributed by atoms with Crippen molar-refractivity contribution in [1.29, 1.82) is 0 Å². The molecule has 1 amide bonds. The van der Waals surface area contributed by atoms with Gasteiger partial charge in [0.2, 0.25) is 0 Å². The van der Waals surface area contributed by atoms with Crippen molar-refractivity contribution in [3.63, 3.8) is 0 Å². The Morgan fingerprint density at radius 3 is 2.15 bits per heavy atom. The molecule has 0 saturated carbocycles. The lowest BCUT2D eigenvalue weighted by molar-refractivity contribution is -0.917. The number of piperazine rings is 1. The number of hydrogen-bond acceptors (Lipinski definition) is 3. The second kappa shape index (κ2) is 8.56. The number of nitrogens with zero attached hydrogens (tertiary/aromatic N) is 1. The Hall–Kier alpha value is -2.05. The van der Waals surface area contributed by atoms with Crippen LogP contribution in [0.5, 0.6) is 11.5 Å². The monoisotopic (exact) mass is 419 g/mol. The third-order valence-electron chi connectivity index (χ3n) is 4.77. The summed E-state index contributed by atoms with van der Waals surface area (Å²) in [5.41, 5.74) is 1.82. The molecule has 1 aliphatic rings. The predicted molar refractivity (Wildman–Crippen MR) is 104 cm³/mol. The van der Waals surface area contributed by atoms with Gasteiger partial charge in [0.05, 0.1) is 40.4 Å². The van der Waals surface area contributed by atoms with Crippen LogP contribution in [0.15, 0.2) is 46.9 Å². The van der Waals surface area contributed by atoms with Crippen LogP contribution in [0.4, 0.5) is 0 Å². The van der Waals surface area contributed by atoms with E-state index in [1.807, 2.05) is 11.0 Å². The first-order valence-corrected chi connectivity index (χ1v) is 9.50. The number of halogens is 1. The van der Waals surface area contributed by atoms with Crippen LogP contribution in [0.3, 0.4) is 0 Å². The molecule has 26 heavy (non-hydrogen) atoms. The summed E-state index contributed by atoms with van der Waals surface area (Å²) in [5, 5.41) is 0. The highest BCUT2D eigenvalue weighted by Crippen LogP contribution is 2.29. The van der Waals surface area contributed by atoms with Crippen molar-refractivity contribution in [2.45, 2.75) is 6.54 Å². The number of amides is 1. The smallest absolute Gasteiger partial charge is 0.261 e. The van der Waals surface area contributed by atoms with E-state index < -0.39 is 0 Å². The maximum atomic E-state index is 13.0. The number of ether oxygens (including phenoxy) is 2. The Morgan fingerprint density at radius 2 is 1.62 bits per heavy atom. The van der Waals surface area contributed by atoms with Gasteiger partial charge in [-0.3, -0.25) is 4.79 Å². The van der Waals surface area contributed by atoms with Crippen molar-refractivity contribution in [2.75, 3.05) is 40.4 Å². The quantitative estimate of drug-likeness (QED) is 0.805. The molecular weight excluding hydrogens is 396 g/mol. The first-order valence-electron chi connectivity index (χ1n) is 8.70. The summed E-state index contributed by atoms with van der Waals surface area (Å²) in [6.07, 6.45) is 0. The maximum Gasteiger partial charge on any atom is 0.261 e. The van der Waals surface area contributed by atoms with Crippen LogP contribution in [0.2, 0.25) is 0 Å². The van der Waals surface area contributed by atoms with E-state index in [1.54, 1.807) is 26.4 Å². The molecule has 138 valence electrons. The Morgan fingerprint density at radius 1 is 1.04 bits per heavy atom. The molecule has 0 unspecified atom stereocenters. The van der Waals surface area contributed by atoms with E-state index in [-0.39, 0.29) is 5.91 Å². The fourth-order valence-electron chi connectivity index (χ4n) is 3.31. The van der Waals surface area contributed by atoms with Gasteiger partial charge in [-0.1, -0.05) is 34.1 Å². The van der Waals surface area contributed by atoms with Crippen LogP contribution in [-0.4, -0.2) is 51.2 Å². The molecule has 6 heteroatoms. The molecule has 0 bridgehead atoms. The summed E-state index contributed by atoms with van der Waals surface area (Å²) in [5.74, 6) is 1.08. The lowest BCUT2D eigenvalue weighted by Crippen LogP contribution is -3.13. The average molecular weight is 420 g/mol. The average Bonchev–Trinajstić information content (AvgIpc) is 2.69. The molecule has 0 aromatic heterocycles. The number of methoxy groups -OCH3 is 2. The second-order valence-corrected chi connectivity index (χ2v) is 7.30. The molecule has 1 N–H and O–H groups in total. The Kier molecular flexibility index (Phi) is 6.16. The fraction of sp³-hybridized carbons (Fsp3) is 0.350. The summed E-state index contributed by atoms with van der Waals surface area (Å²) in [4.78, 5) is 16.4. The lowest BCUT2D eigenvalue weighted by Gasteiger charge is -2.32. The van der Waals surface area contributed by atoms with Gasteiger partial charge in [-0.15, -0.1) is 0 Å². The zero-order valence-electron chi connectivity index (χ0n) is 15.1. The topological polar surface area (TPSA) is 43.2 Å². The summed E-state index contributed by atoms with van der Waals surface area (Å²) in [6, 6.07) is 13.9. The molecule has 0 radical (unpaired) electrons. The SMILES string of the molecule is COc1cccc(OC)c1C(=O)N1CC[NH+](Cc2ccc(Br)cc2)CC1. The van der Waals surface area contributed by atoms with Gasteiger partial charge in [-0.05, 0) is 24.3 Å². The highest BCUT2D eigenvalue weighted by atomic mass is 79.9. The van der Waals surface area contributed by atoms with Gasteiger partial charge in [0.15, 0.2) is 0 Å². The van der Waals surface area contributed by atoms with Gasteiger partial charge in [0, 0.05) is 10.0 Å². The van der Waals surface area contributed by atoms with Crippen molar-refractivity contribution in [3.05, 3.63) is 58.1 Å². The Balaban J connectivity index is 1.65. The summed E-state index contributed by atoms with van der Waals surface area (Å²) in [7, 11) is 3.15. The van der Waals surface area contributed by atoms with Gasteiger partial charge in [-0.25, -0.2) is 0 Å². The zero-order valence-corrected chi connectivity index (χ0v) is 16.7. The van der Waals surface area contributed by atoms with Crippen molar-refractivity contribution in [2.24, 2.45) is 0 Å². The van der Waals surface area contributed by atoms with Gasteiger partial charge >= 0.3 is 0 Å². The third kappa shape index (κ3) is 4.19. The molecule has 1 heterocycles. The lowest BCUT2D eigenvalue weighted by atomic mass is 10.1. The summed E-state index contributed by atoms with van der Waals surface area (Å²) >= 11 is 3.47. The van der Waals surface area contributed by atoms with Gasteiger partial charge in [0.1, 0.15) is 23.6 Å². The van der Waals surface area contributed by atoms with Crippen LogP contribution in [0.1, 0.15) is 15.9 Å². The van der Waals surface area contributed by atoms with Crippen molar-refractivity contribution in [3.8, 4) is 11.5 Å². The largest absolute Gasteiger partial charge is 0.496 e.